The Morgan fingerprint density at radius 1 is 1.46 bits per heavy atom. The summed E-state index contributed by atoms with van der Waals surface area (Å²) >= 11 is 0. The van der Waals surface area contributed by atoms with Crippen LogP contribution in [0.4, 0.5) is 0 Å². The minimum atomic E-state index is -1.30. The number of hydrogen-bond donors (Lipinski definition) is 3. The van der Waals surface area contributed by atoms with E-state index in [4.69, 9.17) is 9.84 Å². The van der Waals surface area contributed by atoms with Crippen LogP contribution in [0.3, 0.4) is 0 Å². The number of aliphatic hydroxyl groups is 3. The topological polar surface area (TPSA) is 96.2 Å². The Morgan fingerprint density at radius 3 is 2.46 bits per heavy atom. The van der Waals surface area contributed by atoms with Crippen LogP contribution in [0.5, 0.6) is 0 Å². The van der Waals surface area contributed by atoms with Gasteiger partial charge in [-0.3, -0.25) is 4.79 Å². The second-order valence-electron chi connectivity index (χ2n) is 2.82. The fourth-order valence-electron chi connectivity index (χ4n) is 1.13. The summed E-state index contributed by atoms with van der Waals surface area (Å²) < 4.78 is 9.40. The van der Waals surface area contributed by atoms with E-state index < -0.39 is 37.2 Å². The largest absolute Gasteiger partial charge is 0.433 e. The van der Waals surface area contributed by atoms with Gasteiger partial charge in [-0.05, 0) is 0 Å². The zero-order valence-electron chi connectivity index (χ0n) is 7.08. The highest BCUT2D eigenvalue weighted by Gasteiger charge is 2.44. The van der Waals surface area contributed by atoms with Gasteiger partial charge in [-0.25, -0.2) is 0 Å². The van der Waals surface area contributed by atoms with Gasteiger partial charge in [0.25, 0.3) is 0 Å². The molecule has 1 aliphatic heterocycles. The summed E-state index contributed by atoms with van der Waals surface area (Å²) in [5.41, 5.74) is 0. The van der Waals surface area contributed by atoms with Crippen LogP contribution in [-0.2, 0) is 14.3 Å². The second kappa shape index (κ2) is 4.01. The number of carbonyl (C=O) groups is 1. The Labute approximate surface area is 74.7 Å². The normalized spacial score (nSPS) is 39.1. The molecule has 0 amide bonds. The Hall–Kier alpha value is -0.690. The standard InChI is InChI=1S/C7H12O6/c1-3(9)12-7-6(11)5(10)4(2-8)13-7/h4-8,10-11H,2H2,1H3/t4-,5-,6-,7+/m1/s1. The number of carbonyl (C=O) groups excluding carboxylic acids is 1. The highest BCUT2D eigenvalue weighted by Crippen LogP contribution is 2.21. The average Bonchev–Trinajstić information content (AvgIpc) is 2.32. The van der Waals surface area contributed by atoms with Gasteiger partial charge in [-0.2, -0.15) is 0 Å². The predicted molar refractivity (Wildman–Crippen MR) is 39.5 cm³/mol. The molecule has 1 rings (SSSR count). The van der Waals surface area contributed by atoms with Crippen molar-refractivity contribution >= 4 is 5.97 Å². The Bertz CT molecular complexity index is 193. The van der Waals surface area contributed by atoms with E-state index in [2.05, 4.69) is 4.74 Å². The molecule has 6 heteroatoms. The summed E-state index contributed by atoms with van der Waals surface area (Å²) in [6.45, 7) is 0.727. The summed E-state index contributed by atoms with van der Waals surface area (Å²) in [6, 6.07) is 0. The molecule has 0 aromatic carbocycles. The molecule has 1 fully saturated rings. The second-order valence-corrected chi connectivity index (χ2v) is 2.82. The molecule has 0 radical (unpaired) electrons. The molecule has 3 N–H and O–H groups in total. The van der Waals surface area contributed by atoms with E-state index in [0.29, 0.717) is 0 Å². The minimum absolute atomic E-state index is 0.435. The van der Waals surface area contributed by atoms with Gasteiger partial charge in [0.15, 0.2) is 0 Å². The molecule has 0 aromatic rings. The first kappa shape index (κ1) is 10.4. The van der Waals surface area contributed by atoms with E-state index in [0.717, 1.165) is 6.92 Å². The van der Waals surface area contributed by atoms with Gasteiger partial charge in [-0.15, -0.1) is 0 Å². The minimum Gasteiger partial charge on any atom is -0.433 e. The summed E-state index contributed by atoms with van der Waals surface area (Å²) in [6.07, 6.45) is -4.63. The zero-order valence-corrected chi connectivity index (χ0v) is 7.08. The first-order chi connectivity index (χ1) is 6.06. The molecular formula is C7H12O6. The molecule has 0 saturated carbocycles. The lowest BCUT2D eigenvalue weighted by molar-refractivity contribution is -0.187. The van der Waals surface area contributed by atoms with E-state index in [-0.39, 0.29) is 0 Å². The van der Waals surface area contributed by atoms with Gasteiger partial charge >= 0.3 is 5.97 Å². The Balaban J connectivity index is 2.55. The number of esters is 1. The van der Waals surface area contributed by atoms with E-state index in [1.165, 1.54) is 0 Å². The van der Waals surface area contributed by atoms with Crippen molar-refractivity contribution in [2.45, 2.75) is 31.5 Å². The van der Waals surface area contributed by atoms with E-state index in [9.17, 15) is 15.0 Å². The van der Waals surface area contributed by atoms with Crippen molar-refractivity contribution in [2.75, 3.05) is 6.61 Å². The maximum absolute atomic E-state index is 10.5. The molecule has 0 aliphatic carbocycles. The Morgan fingerprint density at radius 2 is 2.08 bits per heavy atom. The lowest BCUT2D eigenvalue weighted by Crippen LogP contribution is -2.35. The van der Waals surface area contributed by atoms with Crippen LogP contribution in [0.2, 0.25) is 0 Å². The van der Waals surface area contributed by atoms with E-state index in [1.54, 1.807) is 0 Å². The fourth-order valence-corrected chi connectivity index (χ4v) is 1.13. The lowest BCUT2D eigenvalue weighted by Gasteiger charge is -2.13. The zero-order chi connectivity index (χ0) is 10.0. The first-order valence-electron chi connectivity index (χ1n) is 3.86. The summed E-state index contributed by atoms with van der Waals surface area (Å²) in [4.78, 5) is 10.5. The number of rotatable bonds is 2. The van der Waals surface area contributed by atoms with Crippen LogP contribution in [0.15, 0.2) is 0 Å². The van der Waals surface area contributed by atoms with Crippen molar-refractivity contribution in [3.63, 3.8) is 0 Å². The molecule has 0 unspecified atom stereocenters. The molecule has 0 aromatic heterocycles. The van der Waals surface area contributed by atoms with Crippen LogP contribution >= 0.6 is 0 Å². The maximum Gasteiger partial charge on any atom is 0.305 e. The Kier molecular flexibility index (Phi) is 3.21. The van der Waals surface area contributed by atoms with Gasteiger partial charge in [0.1, 0.15) is 18.3 Å². The number of ether oxygens (including phenoxy) is 2. The maximum atomic E-state index is 10.5. The van der Waals surface area contributed by atoms with Gasteiger partial charge in [0.2, 0.25) is 6.29 Å². The molecule has 1 heterocycles. The van der Waals surface area contributed by atoms with Crippen molar-refractivity contribution in [1.82, 2.24) is 0 Å². The van der Waals surface area contributed by atoms with E-state index in [1.807, 2.05) is 0 Å². The summed E-state index contributed by atoms with van der Waals surface area (Å²) in [5.74, 6) is -0.616. The van der Waals surface area contributed by atoms with Gasteiger partial charge in [-0.1, -0.05) is 0 Å². The molecule has 0 bridgehead atoms. The van der Waals surface area contributed by atoms with Crippen molar-refractivity contribution in [2.24, 2.45) is 0 Å². The van der Waals surface area contributed by atoms with Crippen LogP contribution in [0.25, 0.3) is 0 Å². The third-order valence-electron chi connectivity index (χ3n) is 1.78. The molecule has 76 valence electrons. The van der Waals surface area contributed by atoms with Crippen molar-refractivity contribution in [3.05, 3.63) is 0 Å². The number of aliphatic hydroxyl groups excluding tert-OH is 3. The smallest absolute Gasteiger partial charge is 0.305 e. The SMILES string of the molecule is CC(=O)O[C@H]1O[C@H](CO)[C@@H](O)[C@H]1O. The third kappa shape index (κ3) is 2.16. The van der Waals surface area contributed by atoms with Crippen molar-refractivity contribution in [1.29, 1.82) is 0 Å². The van der Waals surface area contributed by atoms with Gasteiger partial charge in [0.05, 0.1) is 6.61 Å². The summed E-state index contributed by atoms with van der Waals surface area (Å²) in [5, 5.41) is 27.1. The van der Waals surface area contributed by atoms with Crippen molar-refractivity contribution in [3.8, 4) is 0 Å². The third-order valence-corrected chi connectivity index (χ3v) is 1.78. The summed E-state index contributed by atoms with van der Waals surface area (Å²) in [7, 11) is 0. The fraction of sp³-hybridized carbons (Fsp3) is 0.857. The molecule has 6 nitrogen and oxygen atoms in total. The van der Waals surface area contributed by atoms with Crippen LogP contribution in [0.1, 0.15) is 6.92 Å². The van der Waals surface area contributed by atoms with Gasteiger partial charge < -0.3 is 24.8 Å². The van der Waals surface area contributed by atoms with Crippen LogP contribution in [0, 0.1) is 0 Å². The molecule has 1 aliphatic rings. The first-order valence-corrected chi connectivity index (χ1v) is 3.86. The lowest BCUT2D eigenvalue weighted by atomic mass is 10.1. The molecule has 13 heavy (non-hydrogen) atoms. The molecular weight excluding hydrogens is 180 g/mol. The van der Waals surface area contributed by atoms with Crippen LogP contribution in [-0.4, -0.2) is 52.5 Å². The molecule has 4 atom stereocenters. The molecule has 0 spiro atoms. The highest BCUT2D eigenvalue weighted by molar-refractivity contribution is 5.66. The van der Waals surface area contributed by atoms with E-state index >= 15 is 0 Å². The van der Waals surface area contributed by atoms with Crippen molar-refractivity contribution < 1.29 is 29.6 Å². The molecule has 1 saturated heterocycles. The predicted octanol–water partition coefficient (Wildman–Crippen LogP) is -2.01. The van der Waals surface area contributed by atoms with Crippen LogP contribution < -0.4 is 0 Å². The average molecular weight is 192 g/mol. The highest BCUT2D eigenvalue weighted by atomic mass is 16.7. The number of hydrogen-bond acceptors (Lipinski definition) is 6. The monoisotopic (exact) mass is 192 g/mol. The quantitative estimate of drug-likeness (QED) is 0.437. The van der Waals surface area contributed by atoms with Gasteiger partial charge in [0, 0.05) is 6.92 Å².